The molecule has 19 heavy (non-hydrogen) atoms. The summed E-state index contributed by atoms with van der Waals surface area (Å²) in [4.78, 5) is 22.9. The summed E-state index contributed by atoms with van der Waals surface area (Å²) in [7, 11) is -3.10. The van der Waals surface area contributed by atoms with Gasteiger partial charge in [0.15, 0.2) is 9.84 Å². The van der Waals surface area contributed by atoms with E-state index in [2.05, 4.69) is 5.32 Å². The Morgan fingerprint density at radius 1 is 1.47 bits per heavy atom. The lowest BCUT2D eigenvalue weighted by Gasteiger charge is -2.06. The van der Waals surface area contributed by atoms with Gasteiger partial charge in [0.25, 0.3) is 0 Å². The number of hydrogen-bond acceptors (Lipinski definition) is 5. The van der Waals surface area contributed by atoms with Crippen LogP contribution in [-0.2, 0) is 14.6 Å². The van der Waals surface area contributed by atoms with Gasteiger partial charge in [-0.2, -0.15) is 0 Å². The van der Waals surface area contributed by atoms with E-state index in [9.17, 15) is 18.0 Å². The highest BCUT2D eigenvalue weighted by Gasteiger charge is 2.33. The Kier molecular flexibility index (Phi) is 3.64. The molecule has 1 amide bonds. The van der Waals surface area contributed by atoms with E-state index in [1.165, 1.54) is 0 Å². The summed E-state index contributed by atoms with van der Waals surface area (Å²) in [6.45, 7) is 1.65. The number of hydrogen-bond donors (Lipinski definition) is 2. The van der Waals surface area contributed by atoms with Crippen LogP contribution in [0.3, 0.4) is 0 Å². The van der Waals surface area contributed by atoms with E-state index in [0.29, 0.717) is 17.0 Å². The first-order valence-corrected chi connectivity index (χ1v) is 8.27. The predicted molar refractivity (Wildman–Crippen MR) is 71.4 cm³/mol. The Hall–Kier alpha value is -1.41. The molecule has 1 atom stereocenters. The Morgan fingerprint density at radius 3 is 2.63 bits per heavy atom. The van der Waals surface area contributed by atoms with Crippen molar-refractivity contribution >= 4 is 38.1 Å². The molecule has 1 aliphatic rings. The van der Waals surface area contributed by atoms with E-state index in [0.717, 1.165) is 11.3 Å². The van der Waals surface area contributed by atoms with Gasteiger partial charge in [0.2, 0.25) is 5.91 Å². The van der Waals surface area contributed by atoms with E-state index < -0.39 is 21.7 Å². The lowest BCUT2D eigenvalue weighted by atomic mass is 10.1. The van der Waals surface area contributed by atoms with Gasteiger partial charge in [0.1, 0.15) is 4.88 Å². The summed E-state index contributed by atoms with van der Waals surface area (Å²) in [5.41, 5.74) is 0.576. The quantitative estimate of drug-likeness (QED) is 0.871. The van der Waals surface area contributed by atoms with Crippen LogP contribution in [0, 0.1) is 12.8 Å². The largest absolute Gasteiger partial charge is 0.477 e. The van der Waals surface area contributed by atoms with Gasteiger partial charge in [0, 0.05) is 0 Å². The van der Waals surface area contributed by atoms with Gasteiger partial charge in [-0.15, -0.1) is 11.3 Å². The Bertz CT molecular complexity index is 632. The van der Waals surface area contributed by atoms with Crippen LogP contribution in [0.2, 0.25) is 0 Å². The minimum absolute atomic E-state index is 0.0366. The van der Waals surface area contributed by atoms with Crippen molar-refractivity contribution in [3.8, 4) is 0 Å². The predicted octanol–water partition coefficient (Wildman–Crippen LogP) is 1.13. The van der Waals surface area contributed by atoms with Gasteiger partial charge in [-0.25, -0.2) is 13.2 Å². The van der Waals surface area contributed by atoms with Gasteiger partial charge in [-0.3, -0.25) is 4.79 Å². The molecule has 0 spiro atoms. The van der Waals surface area contributed by atoms with Crippen LogP contribution in [0.4, 0.5) is 5.00 Å². The summed E-state index contributed by atoms with van der Waals surface area (Å²) in [6, 6.07) is 1.58. The van der Waals surface area contributed by atoms with E-state index in [1.807, 2.05) is 0 Å². The SMILES string of the molecule is Cc1cc(NC(=O)C2CCS(=O)(=O)C2)sc1C(=O)O. The third-order valence-electron chi connectivity index (χ3n) is 2.96. The molecule has 1 aliphatic heterocycles. The maximum Gasteiger partial charge on any atom is 0.346 e. The Labute approximate surface area is 114 Å². The number of aryl methyl sites for hydroxylation is 1. The van der Waals surface area contributed by atoms with E-state index in [-0.39, 0.29) is 22.3 Å². The summed E-state index contributed by atoms with van der Waals surface area (Å²) in [6.07, 6.45) is 0.324. The number of carboxylic acid groups (broad SMARTS) is 1. The topological polar surface area (TPSA) is 101 Å². The van der Waals surface area contributed by atoms with Crippen LogP contribution in [0.15, 0.2) is 6.07 Å². The second-order valence-corrected chi connectivity index (χ2v) is 7.80. The number of carbonyl (C=O) groups excluding carboxylic acids is 1. The van der Waals surface area contributed by atoms with Crippen molar-refractivity contribution in [2.45, 2.75) is 13.3 Å². The fourth-order valence-electron chi connectivity index (χ4n) is 1.98. The molecular formula is C11H13NO5S2. The van der Waals surface area contributed by atoms with Crippen LogP contribution in [0.5, 0.6) is 0 Å². The van der Waals surface area contributed by atoms with Crippen molar-refractivity contribution in [3.05, 3.63) is 16.5 Å². The van der Waals surface area contributed by atoms with Crippen LogP contribution in [0.25, 0.3) is 0 Å². The van der Waals surface area contributed by atoms with E-state index in [4.69, 9.17) is 5.11 Å². The molecule has 2 rings (SSSR count). The summed E-state index contributed by atoms with van der Waals surface area (Å²) < 4.78 is 22.6. The number of carbonyl (C=O) groups is 2. The summed E-state index contributed by atoms with van der Waals surface area (Å²) in [5.74, 6) is -2.03. The fourth-order valence-corrected chi connectivity index (χ4v) is 4.64. The van der Waals surface area contributed by atoms with Crippen molar-refractivity contribution < 1.29 is 23.1 Å². The molecule has 1 aromatic heterocycles. The van der Waals surface area contributed by atoms with Crippen molar-refractivity contribution in [3.63, 3.8) is 0 Å². The zero-order valence-corrected chi connectivity index (χ0v) is 11.8. The number of carboxylic acids is 1. The second-order valence-electron chi connectivity index (χ2n) is 4.52. The molecule has 0 bridgehead atoms. The van der Waals surface area contributed by atoms with Gasteiger partial charge in [0.05, 0.1) is 22.4 Å². The molecule has 1 aromatic rings. The van der Waals surface area contributed by atoms with E-state index >= 15 is 0 Å². The average molecular weight is 303 g/mol. The molecule has 0 radical (unpaired) electrons. The van der Waals surface area contributed by atoms with Crippen molar-refractivity contribution in [2.75, 3.05) is 16.8 Å². The average Bonchev–Trinajstić information content (AvgIpc) is 2.81. The zero-order valence-electron chi connectivity index (χ0n) is 10.2. The molecule has 104 valence electrons. The minimum atomic E-state index is -3.10. The standard InChI is InChI=1S/C11H13NO5S2/c1-6-4-8(18-9(6)11(14)15)12-10(13)7-2-3-19(16,17)5-7/h4,7H,2-3,5H2,1H3,(H,12,13)(H,14,15). The second kappa shape index (κ2) is 4.93. The summed E-state index contributed by atoms with van der Waals surface area (Å²) in [5, 5.41) is 11.9. The first kappa shape index (κ1) is 14.0. The Balaban J connectivity index is 2.08. The highest BCUT2D eigenvalue weighted by Crippen LogP contribution is 2.28. The highest BCUT2D eigenvalue weighted by atomic mass is 32.2. The number of nitrogens with one attached hydrogen (secondary N) is 1. The molecule has 6 nitrogen and oxygen atoms in total. The molecule has 0 saturated carbocycles. The minimum Gasteiger partial charge on any atom is -0.477 e. The lowest BCUT2D eigenvalue weighted by Crippen LogP contribution is -2.23. The number of aromatic carboxylic acids is 1. The molecule has 0 aliphatic carbocycles. The Morgan fingerprint density at radius 2 is 2.16 bits per heavy atom. The van der Waals surface area contributed by atoms with Gasteiger partial charge < -0.3 is 10.4 Å². The maximum atomic E-state index is 11.9. The van der Waals surface area contributed by atoms with Crippen LogP contribution in [0.1, 0.15) is 21.7 Å². The zero-order chi connectivity index (χ0) is 14.2. The smallest absolute Gasteiger partial charge is 0.346 e. The normalized spacial score (nSPS) is 21.2. The maximum absolute atomic E-state index is 11.9. The van der Waals surface area contributed by atoms with Crippen molar-refractivity contribution in [1.82, 2.24) is 0 Å². The monoisotopic (exact) mass is 303 g/mol. The first-order valence-electron chi connectivity index (χ1n) is 5.63. The molecule has 2 N–H and O–H groups in total. The number of sulfone groups is 1. The van der Waals surface area contributed by atoms with Crippen molar-refractivity contribution in [2.24, 2.45) is 5.92 Å². The number of rotatable bonds is 3. The third kappa shape index (κ3) is 3.13. The molecule has 8 heteroatoms. The molecule has 1 fully saturated rings. The molecule has 0 aromatic carbocycles. The summed E-state index contributed by atoms with van der Waals surface area (Å²) >= 11 is 0.974. The van der Waals surface area contributed by atoms with Crippen LogP contribution in [-0.4, -0.2) is 36.9 Å². The number of thiophene rings is 1. The van der Waals surface area contributed by atoms with Gasteiger partial charge >= 0.3 is 5.97 Å². The van der Waals surface area contributed by atoms with Gasteiger partial charge in [-0.05, 0) is 25.0 Å². The highest BCUT2D eigenvalue weighted by molar-refractivity contribution is 7.91. The molecule has 1 saturated heterocycles. The van der Waals surface area contributed by atoms with E-state index in [1.54, 1.807) is 13.0 Å². The lowest BCUT2D eigenvalue weighted by molar-refractivity contribution is -0.119. The third-order valence-corrected chi connectivity index (χ3v) is 5.87. The molecule has 1 unspecified atom stereocenters. The van der Waals surface area contributed by atoms with Crippen LogP contribution < -0.4 is 5.32 Å². The van der Waals surface area contributed by atoms with Crippen molar-refractivity contribution in [1.29, 1.82) is 0 Å². The van der Waals surface area contributed by atoms with Crippen LogP contribution >= 0.6 is 11.3 Å². The first-order chi connectivity index (χ1) is 8.78. The molecular weight excluding hydrogens is 290 g/mol. The number of amides is 1. The van der Waals surface area contributed by atoms with Gasteiger partial charge in [-0.1, -0.05) is 0 Å². The fraction of sp³-hybridized carbons (Fsp3) is 0.455. The molecule has 2 heterocycles. The number of anilines is 1.